The van der Waals surface area contributed by atoms with Crippen molar-refractivity contribution in [2.24, 2.45) is 5.41 Å². The average Bonchev–Trinajstić information content (AvgIpc) is 2.65. The lowest BCUT2D eigenvalue weighted by Gasteiger charge is -2.35. The highest BCUT2D eigenvalue weighted by Gasteiger charge is 2.40. The topological polar surface area (TPSA) is 69.7 Å². The van der Waals surface area contributed by atoms with Gasteiger partial charge in [-0.05, 0) is 32.1 Å². The van der Waals surface area contributed by atoms with Crippen LogP contribution in [-0.4, -0.2) is 30.7 Å². The number of carbonyl (C=O) groups excluding carboxylic acids is 3. The van der Waals surface area contributed by atoms with Crippen LogP contribution in [0.1, 0.15) is 34.1 Å². The number of esters is 1. The van der Waals surface area contributed by atoms with Crippen molar-refractivity contribution in [1.82, 2.24) is 0 Å². The largest absolute Gasteiger partial charge is 0.482 e. The van der Waals surface area contributed by atoms with E-state index in [0.717, 1.165) is 0 Å². The van der Waals surface area contributed by atoms with Crippen molar-refractivity contribution in [1.29, 1.82) is 0 Å². The van der Waals surface area contributed by atoms with Gasteiger partial charge in [-0.25, -0.2) is 4.79 Å². The van der Waals surface area contributed by atoms with Gasteiger partial charge in [0.25, 0.3) is 0 Å². The first kappa shape index (κ1) is 21.2. The molecule has 2 rings (SSSR count). The van der Waals surface area contributed by atoms with Crippen molar-refractivity contribution in [3.05, 3.63) is 53.1 Å². The standard InChI is InChI=1S/C23H24O5/c1-16(12-13-24)10-11-19-17(2)22(26)20(14-23(19,3)4)28-21(25)15-27-18-8-6-5-7-9-18/h5-9,12-13,20H,14-15H2,1-4H3. The van der Waals surface area contributed by atoms with E-state index >= 15 is 0 Å². The molecule has 1 aromatic rings. The lowest BCUT2D eigenvalue weighted by atomic mass is 9.71. The third-order valence-electron chi connectivity index (χ3n) is 4.49. The summed E-state index contributed by atoms with van der Waals surface area (Å²) >= 11 is 0. The zero-order valence-electron chi connectivity index (χ0n) is 16.6. The predicted octanol–water partition coefficient (Wildman–Crippen LogP) is 3.44. The van der Waals surface area contributed by atoms with Gasteiger partial charge >= 0.3 is 5.97 Å². The second-order valence-corrected chi connectivity index (χ2v) is 7.27. The highest BCUT2D eigenvalue weighted by Crippen LogP contribution is 2.39. The molecule has 1 unspecified atom stereocenters. The number of benzene rings is 1. The van der Waals surface area contributed by atoms with Crippen LogP contribution >= 0.6 is 0 Å². The number of hydrogen-bond donors (Lipinski definition) is 0. The van der Waals surface area contributed by atoms with Crippen molar-refractivity contribution >= 4 is 18.0 Å². The molecule has 0 saturated heterocycles. The third-order valence-corrected chi connectivity index (χ3v) is 4.49. The molecule has 0 heterocycles. The molecule has 0 aliphatic heterocycles. The van der Waals surface area contributed by atoms with Crippen LogP contribution in [0.4, 0.5) is 0 Å². The molecule has 0 bridgehead atoms. The van der Waals surface area contributed by atoms with E-state index in [1.165, 1.54) is 6.08 Å². The highest BCUT2D eigenvalue weighted by atomic mass is 16.6. The van der Waals surface area contributed by atoms with E-state index in [0.29, 0.717) is 35.2 Å². The fourth-order valence-electron chi connectivity index (χ4n) is 3.05. The summed E-state index contributed by atoms with van der Waals surface area (Å²) in [6.07, 6.45) is 1.52. The number of aldehydes is 1. The zero-order chi connectivity index (χ0) is 20.7. The van der Waals surface area contributed by atoms with Gasteiger partial charge in [-0.1, -0.05) is 43.9 Å². The first-order chi connectivity index (χ1) is 13.2. The molecule has 0 fully saturated rings. The van der Waals surface area contributed by atoms with E-state index in [-0.39, 0.29) is 12.4 Å². The Balaban J connectivity index is 2.10. The van der Waals surface area contributed by atoms with Crippen molar-refractivity contribution in [3.63, 3.8) is 0 Å². The third kappa shape index (κ3) is 5.43. The van der Waals surface area contributed by atoms with Gasteiger partial charge in [0.15, 0.2) is 18.5 Å². The molecule has 1 aliphatic carbocycles. The molecule has 5 heteroatoms. The summed E-state index contributed by atoms with van der Waals surface area (Å²) in [4.78, 5) is 35.4. The van der Waals surface area contributed by atoms with E-state index < -0.39 is 17.5 Å². The molecule has 0 amide bonds. The maximum atomic E-state index is 12.7. The Morgan fingerprint density at radius 3 is 2.61 bits per heavy atom. The molecule has 0 saturated carbocycles. The lowest BCUT2D eigenvalue weighted by Crippen LogP contribution is -2.39. The Morgan fingerprint density at radius 2 is 1.96 bits per heavy atom. The molecule has 1 aliphatic rings. The van der Waals surface area contributed by atoms with Crippen LogP contribution in [0.25, 0.3) is 0 Å². The van der Waals surface area contributed by atoms with Crippen LogP contribution in [0.2, 0.25) is 0 Å². The van der Waals surface area contributed by atoms with Gasteiger partial charge in [0, 0.05) is 28.6 Å². The van der Waals surface area contributed by atoms with E-state index in [1.807, 2.05) is 19.9 Å². The van der Waals surface area contributed by atoms with E-state index in [4.69, 9.17) is 9.47 Å². The molecule has 0 spiro atoms. The summed E-state index contributed by atoms with van der Waals surface area (Å²) in [5.41, 5.74) is 1.34. The lowest BCUT2D eigenvalue weighted by molar-refractivity contribution is -0.157. The highest BCUT2D eigenvalue weighted by molar-refractivity contribution is 6.02. The second-order valence-electron chi connectivity index (χ2n) is 7.27. The minimum absolute atomic E-state index is 0.256. The summed E-state index contributed by atoms with van der Waals surface area (Å²) in [6.45, 7) is 7.05. The number of ketones is 1. The molecule has 28 heavy (non-hydrogen) atoms. The Morgan fingerprint density at radius 1 is 1.29 bits per heavy atom. The first-order valence-electron chi connectivity index (χ1n) is 9.01. The minimum atomic E-state index is -0.862. The van der Waals surface area contributed by atoms with Gasteiger partial charge in [-0.2, -0.15) is 0 Å². The first-order valence-corrected chi connectivity index (χ1v) is 9.01. The van der Waals surface area contributed by atoms with E-state index in [2.05, 4.69) is 11.8 Å². The number of ether oxygens (including phenoxy) is 2. The van der Waals surface area contributed by atoms with Crippen molar-refractivity contribution < 1.29 is 23.9 Å². The van der Waals surface area contributed by atoms with E-state index in [1.54, 1.807) is 38.1 Å². The smallest absolute Gasteiger partial charge is 0.344 e. The van der Waals surface area contributed by atoms with E-state index in [9.17, 15) is 14.4 Å². The van der Waals surface area contributed by atoms with Gasteiger partial charge in [0.2, 0.25) is 0 Å². The molecule has 0 aromatic heterocycles. The molecule has 0 N–H and O–H groups in total. The fourth-order valence-corrected chi connectivity index (χ4v) is 3.05. The zero-order valence-corrected chi connectivity index (χ0v) is 16.6. The number of hydrogen-bond acceptors (Lipinski definition) is 5. The van der Waals surface area contributed by atoms with Gasteiger partial charge < -0.3 is 9.47 Å². The Bertz CT molecular complexity index is 879. The predicted molar refractivity (Wildman–Crippen MR) is 106 cm³/mol. The number of rotatable bonds is 5. The van der Waals surface area contributed by atoms with Crippen LogP contribution in [0.5, 0.6) is 5.75 Å². The quantitative estimate of drug-likeness (QED) is 0.339. The SMILES string of the molecule is CC(C#CC1=C(C)C(=O)C(OC(=O)COc2ccccc2)CC1(C)C)=CC=O. The monoisotopic (exact) mass is 380 g/mol. The number of para-hydroxylation sites is 1. The fraction of sp³-hybridized carbons (Fsp3) is 0.348. The van der Waals surface area contributed by atoms with Crippen molar-refractivity contribution in [3.8, 4) is 17.6 Å². The van der Waals surface area contributed by atoms with Crippen molar-refractivity contribution in [2.75, 3.05) is 6.61 Å². The van der Waals surface area contributed by atoms with Gasteiger partial charge in [0.05, 0.1) is 0 Å². The summed E-state index contributed by atoms with van der Waals surface area (Å²) < 4.78 is 10.8. The molecule has 5 nitrogen and oxygen atoms in total. The second kappa shape index (κ2) is 9.18. The average molecular weight is 380 g/mol. The summed E-state index contributed by atoms with van der Waals surface area (Å²) in [5.74, 6) is 5.62. The Kier molecular flexibility index (Phi) is 6.94. The molecule has 1 aromatic carbocycles. The van der Waals surface area contributed by atoms with Gasteiger partial charge in [0.1, 0.15) is 12.0 Å². The summed E-state index contributed by atoms with van der Waals surface area (Å²) in [6, 6.07) is 8.93. The molecule has 146 valence electrons. The van der Waals surface area contributed by atoms with Crippen LogP contribution < -0.4 is 4.74 Å². The van der Waals surface area contributed by atoms with Crippen LogP contribution in [0.15, 0.2) is 53.1 Å². The summed E-state index contributed by atoms with van der Waals surface area (Å²) in [7, 11) is 0. The molecule has 1 atom stereocenters. The van der Waals surface area contributed by atoms with Crippen LogP contribution in [-0.2, 0) is 19.1 Å². The van der Waals surface area contributed by atoms with Crippen LogP contribution in [0.3, 0.4) is 0 Å². The molecular formula is C23H24O5. The number of allylic oxidation sites excluding steroid dienone is 3. The van der Waals surface area contributed by atoms with Gasteiger partial charge in [-0.15, -0.1) is 0 Å². The normalized spacial score (nSPS) is 18.8. The van der Waals surface area contributed by atoms with Crippen LogP contribution in [0, 0.1) is 17.3 Å². The minimum Gasteiger partial charge on any atom is -0.482 e. The molecular weight excluding hydrogens is 356 g/mol. The maximum Gasteiger partial charge on any atom is 0.344 e. The maximum absolute atomic E-state index is 12.7. The summed E-state index contributed by atoms with van der Waals surface area (Å²) in [5, 5.41) is 0. The number of carbonyl (C=O) groups is 3. The van der Waals surface area contributed by atoms with Gasteiger partial charge in [-0.3, -0.25) is 9.59 Å². The Hall–Kier alpha value is -3.13. The molecule has 0 radical (unpaired) electrons. The van der Waals surface area contributed by atoms with Crippen molar-refractivity contribution in [2.45, 2.75) is 40.2 Å². The Labute approximate surface area is 165 Å². The number of Topliss-reactive ketones (excluding diaryl/α,β-unsaturated/α-hetero) is 1.